The molecule has 0 bridgehead atoms. The maximum Gasteiger partial charge on any atom is 0.266 e. The van der Waals surface area contributed by atoms with Gasteiger partial charge in [-0.25, -0.2) is 18.4 Å². The Hall–Kier alpha value is -1.61. The largest absolute Gasteiger partial charge is 0.269 e. The highest BCUT2D eigenvalue weighted by molar-refractivity contribution is 7.98. The number of nitrogens with zero attached hydrogens (tertiary/aromatic N) is 4. The lowest BCUT2D eigenvalue weighted by Gasteiger charge is -2.06. The van der Waals surface area contributed by atoms with Gasteiger partial charge in [-0.3, -0.25) is 9.40 Å². The van der Waals surface area contributed by atoms with Gasteiger partial charge in [0.1, 0.15) is 22.1 Å². The summed E-state index contributed by atoms with van der Waals surface area (Å²) in [4.78, 5) is 7.99. The Bertz CT molecular complexity index is 696. The van der Waals surface area contributed by atoms with Gasteiger partial charge >= 0.3 is 0 Å². The van der Waals surface area contributed by atoms with E-state index in [0.29, 0.717) is 5.03 Å². The first-order chi connectivity index (χ1) is 9.42. The van der Waals surface area contributed by atoms with Crippen molar-refractivity contribution < 1.29 is 8.42 Å². The molecule has 0 saturated heterocycles. The highest BCUT2D eigenvalue weighted by atomic mass is 32.2. The van der Waals surface area contributed by atoms with Gasteiger partial charge < -0.3 is 0 Å². The summed E-state index contributed by atoms with van der Waals surface area (Å²) in [7, 11) is -3.68. The van der Waals surface area contributed by atoms with Gasteiger partial charge in [-0.05, 0) is 20.1 Å². The van der Waals surface area contributed by atoms with Gasteiger partial charge in [0.2, 0.25) is 0 Å². The van der Waals surface area contributed by atoms with Crippen molar-refractivity contribution in [3.8, 4) is 0 Å². The first-order valence-corrected chi connectivity index (χ1v) is 8.56. The van der Waals surface area contributed by atoms with Crippen molar-refractivity contribution in [2.75, 3.05) is 11.0 Å². The van der Waals surface area contributed by atoms with Crippen LogP contribution in [0.15, 0.2) is 34.7 Å². The number of anilines is 1. The first kappa shape index (κ1) is 14.8. The van der Waals surface area contributed by atoms with E-state index in [-0.39, 0.29) is 16.8 Å². The van der Waals surface area contributed by atoms with Gasteiger partial charge in [-0.15, -0.1) is 11.8 Å². The van der Waals surface area contributed by atoms with Crippen LogP contribution < -0.4 is 4.72 Å². The summed E-state index contributed by atoms with van der Waals surface area (Å²) in [5, 5.41) is 4.71. The predicted octanol–water partition coefficient (Wildman–Crippen LogP) is 1.78. The van der Waals surface area contributed by atoms with Crippen molar-refractivity contribution in [2.24, 2.45) is 0 Å². The molecular formula is C11H15N5O2S2. The zero-order chi connectivity index (χ0) is 14.8. The minimum Gasteiger partial charge on any atom is -0.269 e. The average Bonchev–Trinajstić information content (AvgIpc) is 2.89. The number of aromatic nitrogens is 4. The number of sulfonamides is 1. The van der Waals surface area contributed by atoms with Crippen molar-refractivity contribution in [1.29, 1.82) is 0 Å². The predicted molar refractivity (Wildman–Crippen MR) is 77.2 cm³/mol. The lowest BCUT2D eigenvalue weighted by molar-refractivity contribution is 0.531. The molecule has 9 heteroatoms. The summed E-state index contributed by atoms with van der Waals surface area (Å²) in [6.45, 7) is 3.85. The number of hydrogen-bond donors (Lipinski definition) is 1. The van der Waals surface area contributed by atoms with Crippen LogP contribution in [-0.2, 0) is 10.0 Å². The van der Waals surface area contributed by atoms with Crippen molar-refractivity contribution in [3.63, 3.8) is 0 Å². The van der Waals surface area contributed by atoms with E-state index in [1.54, 1.807) is 10.7 Å². The van der Waals surface area contributed by atoms with E-state index in [2.05, 4.69) is 19.8 Å². The molecule has 0 aliphatic heterocycles. The Morgan fingerprint density at radius 3 is 2.70 bits per heavy atom. The van der Waals surface area contributed by atoms with E-state index < -0.39 is 10.0 Å². The summed E-state index contributed by atoms with van der Waals surface area (Å²) >= 11 is 1.41. The second kappa shape index (κ2) is 5.80. The molecule has 2 aromatic rings. The molecule has 0 aliphatic rings. The van der Waals surface area contributed by atoms with Gasteiger partial charge in [0.25, 0.3) is 10.0 Å². The lowest BCUT2D eigenvalue weighted by Crippen LogP contribution is -2.13. The van der Waals surface area contributed by atoms with Gasteiger partial charge in [0, 0.05) is 18.3 Å². The van der Waals surface area contributed by atoms with E-state index in [1.807, 2.05) is 20.1 Å². The van der Waals surface area contributed by atoms with Crippen molar-refractivity contribution in [2.45, 2.75) is 29.8 Å². The number of thioether (sulfide) groups is 1. The Balaban J connectivity index is 2.25. The summed E-state index contributed by atoms with van der Waals surface area (Å²) in [6.07, 6.45) is 5.98. The normalized spacial score (nSPS) is 11.8. The average molecular weight is 313 g/mol. The summed E-state index contributed by atoms with van der Waals surface area (Å²) in [5.74, 6) is 0.238. The summed E-state index contributed by atoms with van der Waals surface area (Å²) in [6, 6.07) is 1.68. The zero-order valence-corrected chi connectivity index (χ0v) is 12.9. The molecule has 0 atom stereocenters. The fourth-order valence-electron chi connectivity index (χ4n) is 1.45. The van der Waals surface area contributed by atoms with E-state index in [9.17, 15) is 8.42 Å². The smallest absolute Gasteiger partial charge is 0.266 e. The van der Waals surface area contributed by atoms with Gasteiger partial charge in [-0.1, -0.05) is 0 Å². The van der Waals surface area contributed by atoms with E-state index in [4.69, 9.17) is 0 Å². The maximum absolute atomic E-state index is 12.2. The van der Waals surface area contributed by atoms with Crippen molar-refractivity contribution in [3.05, 3.63) is 24.8 Å². The quantitative estimate of drug-likeness (QED) is 0.668. The highest BCUT2D eigenvalue weighted by Crippen LogP contribution is 2.18. The molecule has 7 nitrogen and oxygen atoms in total. The molecule has 0 aromatic carbocycles. The topological polar surface area (TPSA) is 89.8 Å². The van der Waals surface area contributed by atoms with Crippen LogP contribution in [0.3, 0.4) is 0 Å². The second-order valence-electron chi connectivity index (χ2n) is 4.30. The van der Waals surface area contributed by atoms with Crippen LogP contribution >= 0.6 is 11.8 Å². The monoisotopic (exact) mass is 313 g/mol. The molecule has 0 radical (unpaired) electrons. The Morgan fingerprint density at radius 2 is 2.10 bits per heavy atom. The van der Waals surface area contributed by atoms with Crippen LogP contribution in [0.25, 0.3) is 0 Å². The van der Waals surface area contributed by atoms with Crippen LogP contribution in [0.4, 0.5) is 5.82 Å². The molecule has 0 fully saturated rings. The van der Waals surface area contributed by atoms with Gasteiger partial charge in [0.05, 0.1) is 6.20 Å². The molecule has 0 amide bonds. The standard InChI is InChI=1S/C11H15N5O2S2/c1-8(2)16-6-9(5-14-16)20(17,18)15-10-4-11(19-3)13-7-12-10/h4-8H,1-3H3,(H,12,13,15). The third kappa shape index (κ3) is 3.28. The minimum absolute atomic E-state index is 0.0982. The van der Waals surface area contributed by atoms with Gasteiger partial charge in [-0.2, -0.15) is 5.10 Å². The lowest BCUT2D eigenvalue weighted by atomic mass is 10.4. The SMILES string of the molecule is CSc1cc(NS(=O)(=O)c2cnn(C(C)C)c2)ncn1. The molecule has 20 heavy (non-hydrogen) atoms. The third-order valence-corrected chi connectivity index (χ3v) is 4.46. The van der Waals surface area contributed by atoms with E-state index >= 15 is 0 Å². The van der Waals surface area contributed by atoms with Crippen LogP contribution in [0, 0.1) is 0 Å². The molecule has 0 saturated carbocycles. The second-order valence-corrected chi connectivity index (χ2v) is 6.81. The molecule has 2 aromatic heterocycles. The molecule has 2 rings (SSSR count). The van der Waals surface area contributed by atoms with Crippen molar-refractivity contribution >= 4 is 27.6 Å². The molecular weight excluding hydrogens is 298 g/mol. The van der Waals surface area contributed by atoms with Crippen LogP contribution in [0.2, 0.25) is 0 Å². The summed E-state index contributed by atoms with van der Waals surface area (Å²) < 4.78 is 28.4. The Kier molecular flexibility index (Phi) is 4.29. The fourth-order valence-corrected chi connectivity index (χ4v) is 2.76. The Morgan fingerprint density at radius 1 is 1.35 bits per heavy atom. The van der Waals surface area contributed by atoms with Crippen LogP contribution in [0.5, 0.6) is 0 Å². The maximum atomic E-state index is 12.2. The minimum atomic E-state index is -3.68. The third-order valence-electron chi connectivity index (χ3n) is 2.51. The van der Waals surface area contributed by atoms with Crippen LogP contribution in [-0.4, -0.2) is 34.4 Å². The number of rotatable bonds is 5. The Labute approximate surface area is 121 Å². The van der Waals surface area contributed by atoms with E-state index in [0.717, 1.165) is 0 Å². The molecule has 0 aliphatic carbocycles. The molecule has 0 unspecified atom stereocenters. The molecule has 1 N–H and O–H groups in total. The number of nitrogens with one attached hydrogen (secondary N) is 1. The zero-order valence-electron chi connectivity index (χ0n) is 11.3. The summed E-state index contributed by atoms with van der Waals surface area (Å²) in [5.41, 5.74) is 0. The van der Waals surface area contributed by atoms with E-state index in [1.165, 1.54) is 30.5 Å². The first-order valence-electron chi connectivity index (χ1n) is 5.85. The van der Waals surface area contributed by atoms with Gasteiger partial charge in [0.15, 0.2) is 0 Å². The fraction of sp³-hybridized carbons (Fsp3) is 0.364. The van der Waals surface area contributed by atoms with Crippen LogP contribution in [0.1, 0.15) is 19.9 Å². The van der Waals surface area contributed by atoms with Crippen molar-refractivity contribution in [1.82, 2.24) is 19.7 Å². The highest BCUT2D eigenvalue weighted by Gasteiger charge is 2.18. The number of hydrogen-bond acceptors (Lipinski definition) is 6. The molecule has 2 heterocycles. The molecule has 108 valence electrons. The molecule has 0 spiro atoms.